The van der Waals surface area contributed by atoms with Crippen LogP contribution < -0.4 is 0 Å². The third-order valence-corrected chi connectivity index (χ3v) is 6.27. The number of hydrogen-bond donors (Lipinski definition) is 1. The van der Waals surface area contributed by atoms with Gasteiger partial charge in [-0.2, -0.15) is 4.99 Å². The van der Waals surface area contributed by atoms with E-state index in [1.807, 2.05) is 24.4 Å². The molecule has 0 saturated carbocycles. The maximum atomic E-state index is 6.46. The number of nitrogens with zero attached hydrogens (tertiary/aromatic N) is 7. The van der Waals surface area contributed by atoms with Crippen LogP contribution in [0.1, 0.15) is 25.3 Å². The van der Waals surface area contributed by atoms with Crippen LogP contribution in [0.4, 0.5) is 0 Å². The Morgan fingerprint density at radius 2 is 1.85 bits per heavy atom. The summed E-state index contributed by atoms with van der Waals surface area (Å²) in [6.07, 6.45) is 5.71. The highest BCUT2D eigenvalue weighted by Crippen LogP contribution is 2.33. The second kappa shape index (κ2) is 9.09. The summed E-state index contributed by atoms with van der Waals surface area (Å²) in [5, 5.41) is 19.8. The van der Waals surface area contributed by atoms with Gasteiger partial charge in [-0.15, -0.1) is 9.69 Å². The van der Waals surface area contributed by atoms with Crippen molar-refractivity contribution in [2.45, 2.75) is 26.3 Å². The number of aliphatic imine (C=N–C) groups is 1. The fraction of sp³-hybridized carbons (Fsp3) is 0.208. The topological polar surface area (TPSA) is 84.1 Å². The van der Waals surface area contributed by atoms with Gasteiger partial charge in [-0.3, -0.25) is 0 Å². The lowest BCUT2D eigenvalue weighted by atomic mass is 10.1. The van der Waals surface area contributed by atoms with Gasteiger partial charge in [0.2, 0.25) is 0 Å². The van der Waals surface area contributed by atoms with Crippen LogP contribution in [0.3, 0.4) is 0 Å². The molecule has 0 saturated heterocycles. The van der Waals surface area contributed by atoms with Crippen molar-refractivity contribution in [3.63, 3.8) is 0 Å². The Hall–Kier alpha value is -3.62. The van der Waals surface area contributed by atoms with Crippen LogP contribution in [0, 0.1) is 0 Å². The lowest BCUT2D eigenvalue weighted by Crippen LogP contribution is -2.43. The number of halogens is 1. The van der Waals surface area contributed by atoms with E-state index in [1.54, 1.807) is 6.34 Å². The van der Waals surface area contributed by atoms with Crippen molar-refractivity contribution in [2.24, 2.45) is 10.1 Å². The largest absolute Gasteiger partial charge is 0.328 e. The summed E-state index contributed by atoms with van der Waals surface area (Å²) in [6.45, 7) is 3.66. The Balaban J connectivity index is 1.48. The molecule has 0 amide bonds. The standard InChI is InChI=1S/C24H24ClN8/c1-2-3-15-33(24(25)26-17-27-33)16-18-9-11-20(12-10-18)32-14-13-21(19-7-5-4-6-8-19)22(32)23-28-30-31-29-23/h4-14,17H,2-3,15-16H2,1H3,(H,28,29,30,31)/q+1. The molecule has 0 spiro atoms. The molecule has 0 radical (unpaired) electrons. The first-order chi connectivity index (χ1) is 16.2. The van der Waals surface area contributed by atoms with Gasteiger partial charge in [0.25, 0.3) is 0 Å². The molecule has 0 fully saturated rings. The number of aromatic amines is 1. The first-order valence-corrected chi connectivity index (χ1v) is 11.3. The van der Waals surface area contributed by atoms with Gasteiger partial charge in [-0.1, -0.05) is 60.9 Å². The van der Waals surface area contributed by atoms with E-state index in [9.17, 15) is 0 Å². The minimum atomic E-state index is 0.325. The van der Waals surface area contributed by atoms with Gasteiger partial charge >= 0.3 is 5.29 Å². The van der Waals surface area contributed by atoms with E-state index in [0.29, 0.717) is 22.3 Å². The van der Waals surface area contributed by atoms with E-state index < -0.39 is 0 Å². The predicted molar refractivity (Wildman–Crippen MR) is 130 cm³/mol. The molecule has 1 aliphatic rings. The summed E-state index contributed by atoms with van der Waals surface area (Å²) in [4.78, 5) is 4.21. The van der Waals surface area contributed by atoms with Gasteiger partial charge in [0.05, 0.1) is 0 Å². The molecule has 4 aromatic rings. The number of nitrogens with one attached hydrogen (secondary N) is 1. The Morgan fingerprint density at radius 3 is 2.52 bits per heavy atom. The van der Waals surface area contributed by atoms with Crippen molar-refractivity contribution in [1.82, 2.24) is 25.2 Å². The molecule has 0 aliphatic carbocycles. The number of unbranched alkanes of at least 4 members (excludes halogenated alkanes) is 1. The normalized spacial score (nSPS) is 17.5. The molecule has 3 heterocycles. The fourth-order valence-corrected chi connectivity index (χ4v) is 4.38. The van der Waals surface area contributed by atoms with Crippen LogP contribution in [0.2, 0.25) is 0 Å². The average Bonchev–Trinajstić information content (AvgIpc) is 3.60. The minimum absolute atomic E-state index is 0.325. The summed E-state index contributed by atoms with van der Waals surface area (Å²) < 4.78 is 2.42. The van der Waals surface area contributed by atoms with Crippen LogP contribution in [0.25, 0.3) is 28.3 Å². The SMILES string of the molecule is CCCC[N+]1(Cc2ccc(-n3ccc(-c4ccccc4)c3-c3nnn[nH]3)cc2)N=CN=C1Cl. The molecule has 9 heteroatoms. The Bertz CT molecular complexity index is 1280. The molecule has 33 heavy (non-hydrogen) atoms. The van der Waals surface area contributed by atoms with E-state index in [-0.39, 0.29) is 0 Å². The number of H-pyrrole nitrogens is 1. The predicted octanol–water partition coefficient (Wildman–Crippen LogP) is 4.99. The zero-order valence-corrected chi connectivity index (χ0v) is 19.0. The molecule has 1 atom stereocenters. The molecule has 1 N–H and O–H groups in total. The summed E-state index contributed by atoms with van der Waals surface area (Å²) in [7, 11) is 0. The van der Waals surface area contributed by atoms with Crippen LogP contribution in [0.5, 0.6) is 0 Å². The molecular formula is C24H24ClN8+. The Kier molecular flexibility index (Phi) is 5.85. The summed E-state index contributed by atoms with van der Waals surface area (Å²) in [5.74, 6) is 0.612. The van der Waals surface area contributed by atoms with Crippen LogP contribution >= 0.6 is 11.6 Å². The third kappa shape index (κ3) is 4.10. The van der Waals surface area contributed by atoms with Crippen molar-refractivity contribution in [3.8, 4) is 28.3 Å². The average molecular weight is 460 g/mol. The Morgan fingerprint density at radius 1 is 1.03 bits per heavy atom. The van der Waals surface area contributed by atoms with Crippen molar-refractivity contribution in [3.05, 3.63) is 72.4 Å². The smallest absolute Gasteiger partial charge is 0.313 e. The fourth-order valence-electron chi connectivity index (χ4n) is 4.15. The number of rotatable bonds is 8. The molecule has 1 aliphatic heterocycles. The highest BCUT2D eigenvalue weighted by atomic mass is 35.5. The second-order valence-electron chi connectivity index (χ2n) is 8.02. The van der Waals surface area contributed by atoms with Gasteiger partial charge in [-0.05, 0) is 40.6 Å². The first-order valence-electron chi connectivity index (χ1n) is 11.0. The van der Waals surface area contributed by atoms with Crippen molar-refractivity contribution in [2.75, 3.05) is 6.54 Å². The lowest BCUT2D eigenvalue weighted by molar-refractivity contribution is -0.856. The maximum Gasteiger partial charge on any atom is 0.328 e. The maximum absolute atomic E-state index is 6.46. The number of tetrazole rings is 1. The van der Waals surface area contributed by atoms with Crippen LogP contribution in [-0.4, -0.2) is 48.0 Å². The summed E-state index contributed by atoms with van der Waals surface area (Å²) in [5.41, 5.74) is 5.21. The summed E-state index contributed by atoms with van der Waals surface area (Å²) in [6, 6.07) is 20.7. The number of quaternary nitrogens is 1. The molecule has 5 rings (SSSR count). The summed E-state index contributed by atoms with van der Waals surface area (Å²) >= 11 is 6.46. The highest BCUT2D eigenvalue weighted by Gasteiger charge is 2.36. The van der Waals surface area contributed by atoms with Gasteiger partial charge < -0.3 is 4.57 Å². The van der Waals surface area contributed by atoms with E-state index in [0.717, 1.165) is 47.5 Å². The quantitative estimate of drug-likeness (QED) is 0.297. The van der Waals surface area contributed by atoms with Gasteiger partial charge in [-0.25, -0.2) is 5.10 Å². The molecule has 1 unspecified atom stereocenters. The number of amidine groups is 1. The van der Waals surface area contributed by atoms with Crippen LogP contribution in [-0.2, 0) is 6.54 Å². The molecule has 8 nitrogen and oxygen atoms in total. The first kappa shape index (κ1) is 21.2. The highest BCUT2D eigenvalue weighted by molar-refractivity contribution is 6.63. The molecular weight excluding hydrogens is 436 g/mol. The van der Waals surface area contributed by atoms with Crippen molar-refractivity contribution in [1.29, 1.82) is 0 Å². The van der Waals surface area contributed by atoms with Crippen molar-refractivity contribution >= 4 is 23.2 Å². The molecule has 0 bridgehead atoms. The van der Waals surface area contributed by atoms with Gasteiger partial charge in [0.15, 0.2) is 12.2 Å². The lowest BCUT2D eigenvalue weighted by Gasteiger charge is -2.26. The van der Waals surface area contributed by atoms with Crippen molar-refractivity contribution < 1.29 is 4.59 Å². The zero-order valence-electron chi connectivity index (χ0n) is 18.3. The molecule has 166 valence electrons. The molecule has 2 aromatic heterocycles. The van der Waals surface area contributed by atoms with Crippen LogP contribution in [0.15, 0.2) is 77.0 Å². The minimum Gasteiger partial charge on any atom is -0.313 e. The monoisotopic (exact) mass is 459 g/mol. The van der Waals surface area contributed by atoms with E-state index in [1.165, 1.54) is 0 Å². The van der Waals surface area contributed by atoms with Gasteiger partial charge in [0.1, 0.15) is 18.8 Å². The zero-order chi connectivity index (χ0) is 22.7. The third-order valence-electron chi connectivity index (χ3n) is 5.86. The second-order valence-corrected chi connectivity index (χ2v) is 8.36. The Labute approximate surface area is 196 Å². The molecule has 2 aromatic carbocycles. The van der Waals surface area contributed by atoms with E-state index in [4.69, 9.17) is 11.6 Å². The number of hydrogen-bond acceptors (Lipinski definition) is 5. The van der Waals surface area contributed by atoms with E-state index >= 15 is 0 Å². The number of aromatic nitrogens is 5. The number of benzene rings is 2. The van der Waals surface area contributed by atoms with Gasteiger partial charge in [0, 0.05) is 34.6 Å². The van der Waals surface area contributed by atoms with E-state index in [2.05, 4.69) is 84.7 Å².